The summed E-state index contributed by atoms with van der Waals surface area (Å²) < 4.78 is 29.5. The molecule has 124 valence electrons. The predicted octanol–water partition coefficient (Wildman–Crippen LogP) is 2.48. The van der Waals surface area contributed by atoms with Crippen molar-refractivity contribution in [3.05, 3.63) is 37.8 Å². The highest BCUT2D eigenvalue weighted by atomic mass is 127. The Morgan fingerprint density at radius 1 is 1.30 bits per heavy atom. The molecule has 0 spiro atoms. The summed E-state index contributed by atoms with van der Waals surface area (Å²) in [5.74, 6) is -2.20. The lowest BCUT2D eigenvalue weighted by Crippen LogP contribution is -2.39. The highest BCUT2D eigenvalue weighted by Gasteiger charge is 2.33. The molecule has 0 radical (unpaired) electrons. The zero-order chi connectivity index (χ0) is 17.1. The van der Waals surface area contributed by atoms with E-state index in [1.54, 1.807) is 0 Å². The van der Waals surface area contributed by atoms with E-state index in [1.807, 2.05) is 22.6 Å². The van der Waals surface area contributed by atoms with Crippen LogP contribution < -0.4 is 4.90 Å². The molecule has 0 aromatic heterocycles. The largest absolute Gasteiger partial charge is 0.466 e. The number of methoxy groups -OCH3 is 2. The van der Waals surface area contributed by atoms with E-state index in [0.29, 0.717) is 3.57 Å². The zero-order valence-electron chi connectivity index (χ0n) is 12.2. The second kappa shape index (κ2) is 7.45. The molecule has 1 aromatic rings. The van der Waals surface area contributed by atoms with Crippen molar-refractivity contribution in [2.45, 2.75) is 0 Å². The maximum atomic E-state index is 14.3. The lowest BCUT2D eigenvalue weighted by atomic mass is 10.1. The molecule has 0 amide bonds. The van der Waals surface area contributed by atoms with Crippen LogP contribution in [-0.4, -0.2) is 39.5 Å². The fraction of sp³-hybridized carbons (Fsp3) is 0.286. The van der Waals surface area contributed by atoms with Crippen LogP contribution in [0.5, 0.6) is 0 Å². The van der Waals surface area contributed by atoms with Crippen molar-refractivity contribution in [2.75, 3.05) is 32.5 Å². The van der Waals surface area contributed by atoms with Crippen molar-refractivity contribution in [3.63, 3.8) is 0 Å². The van der Waals surface area contributed by atoms with Gasteiger partial charge in [0.1, 0.15) is 18.2 Å². The van der Waals surface area contributed by atoms with Gasteiger partial charge >= 0.3 is 11.9 Å². The molecule has 0 aliphatic carbocycles. The second-order valence-corrected chi connectivity index (χ2v) is 6.00. The number of nitrogens with zero attached hydrogens (tertiary/aromatic N) is 1. The number of ether oxygens (including phenoxy) is 3. The number of rotatable bonds is 3. The monoisotopic (exact) mass is 455 g/mol. The number of esters is 2. The molecule has 0 saturated carbocycles. The Bertz CT molecular complexity index is 694. The van der Waals surface area contributed by atoms with Gasteiger partial charge in [-0.05, 0) is 34.7 Å². The first-order valence-electron chi connectivity index (χ1n) is 6.30. The van der Waals surface area contributed by atoms with Crippen LogP contribution in [0.1, 0.15) is 0 Å². The van der Waals surface area contributed by atoms with Crippen molar-refractivity contribution in [1.82, 2.24) is 0 Å². The Labute approximate surface area is 150 Å². The number of benzene rings is 1. The maximum Gasteiger partial charge on any atom is 0.355 e. The molecule has 0 unspecified atom stereocenters. The van der Waals surface area contributed by atoms with Crippen LogP contribution in [0.2, 0.25) is 5.02 Å². The Balaban J connectivity index is 2.62. The summed E-state index contributed by atoms with van der Waals surface area (Å²) in [6, 6.07) is 2.57. The summed E-state index contributed by atoms with van der Waals surface area (Å²) >= 11 is 7.81. The lowest BCUT2D eigenvalue weighted by Gasteiger charge is -2.31. The number of hydrogen-bond donors (Lipinski definition) is 0. The molecule has 2 rings (SSSR count). The van der Waals surface area contributed by atoms with Crippen molar-refractivity contribution in [2.24, 2.45) is 0 Å². The van der Waals surface area contributed by atoms with E-state index in [2.05, 4.69) is 4.74 Å². The van der Waals surface area contributed by atoms with Crippen LogP contribution in [0, 0.1) is 9.39 Å². The molecule has 0 atom stereocenters. The molecule has 1 heterocycles. The summed E-state index contributed by atoms with van der Waals surface area (Å²) in [7, 11) is 2.34. The van der Waals surface area contributed by atoms with Crippen LogP contribution in [0.4, 0.5) is 10.1 Å². The predicted molar refractivity (Wildman–Crippen MR) is 88.5 cm³/mol. The van der Waals surface area contributed by atoms with E-state index in [1.165, 1.54) is 25.2 Å². The molecule has 9 heteroatoms. The fourth-order valence-corrected chi connectivity index (χ4v) is 2.65. The van der Waals surface area contributed by atoms with Crippen LogP contribution in [0.3, 0.4) is 0 Å². The summed E-state index contributed by atoms with van der Waals surface area (Å²) in [4.78, 5) is 25.2. The molecular formula is C14H12ClFINO5. The van der Waals surface area contributed by atoms with Gasteiger partial charge in [0.05, 0.1) is 37.1 Å². The smallest absolute Gasteiger partial charge is 0.355 e. The zero-order valence-corrected chi connectivity index (χ0v) is 15.1. The van der Waals surface area contributed by atoms with Gasteiger partial charge in [0, 0.05) is 3.57 Å². The molecular weight excluding hydrogens is 444 g/mol. The van der Waals surface area contributed by atoms with Gasteiger partial charge in [-0.3, -0.25) is 0 Å². The molecule has 0 saturated heterocycles. The summed E-state index contributed by atoms with van der Waals surface area (Å²) in [5.41, 5.74) is -0.127. The number of halogens is 3. The number of carbonyl (C=O) groups is 2. The van der Waals surface area contributed by atoms with Crippen molar-refractivity contribution >= 4 is 51.8 Å². The molecule has 1 aromatic carbocycles. The standard InChI is InChI=1S/C14H12ClFINO5/c1-21-13(19)7-5-23-6-18(12(7)14(20)22-2)11-4-10(17)8(15)3-9(11)16/h3-4H,5-6H2,1-2H3. The van der Waals surface area contributed by atoms with Gasteiger partial charge in [-0.25, -0.2) is 14.0 Å². The minimum atomic E-state index is -0.793. The van der Waals surface area contributed by atoms with E-state index in [0.717, 1.165) is 6.07 Å². The SMILES string of the molecule is COC(=O)C1=C(C(=O)OC)N(c2cc(I)c(Cl)cc2F)COC1. The average Bonchev–Trinajstić information content (AvgIpc) is 2.56. The average molecular weight is 456 g/mol. The summed E-state index contributed by atoms with van der Waals surface area (Å²) in [5, 5.41) is 0.238. The molecule has 0 N–H and O–H groups in total. The van der Waals surface area contributed by atoms with Gasteiger partial charge in [0.25, 0.3) is 0 Å². The molecule has 0 fully saturated rings. The van der Waals surface area contributed by atoms with Gasteiger partial charge in [-0.1, -0.05) is 11.6 Å². The molecule has 0 bridgehead atoms. The van der Waals surface area contributed by atoms with Crippen LogP contribution in [0.15, 0.2) is 23.4 Å². The van der Waals surface area contributed by atoms with E-state index >= 15 is 0 Å². The van der Waals surface area contributed by atoms with Gasteiger partial charge in [-0.15, -0.1) is 0 Å². The van der Waals surface area contributed by atoms with Crippen molar-refractivity contribution in [1.29, 1.82) is 0 Å². The topological polar surface area (TPSA) is 65.1 Å². The highest BCUT2D eigenvalue weighted by Crippen LogP contribution is 2.32. The number of anilines is 1. The molecule has 23 heavy (non-hydrogen) atoms. The van der Waals surface area contributed by atoms with E-state index in [-0.39, 0.29) is 35.3 Å². The second-order valence-electron chi connectivity index (χ2n) is 4.43. The van der Waals surface area contributed by atoms with Crippen molar-refractivity contribution < 1.29 is 28.2 Å². The maximum absolute atomic E-state index is 14.3. The quantitative estimate of drug-likeness (QED) is 0.396. The fourth-order valence-electron chi connectivity index (χ4n) is 2.05. The highest BCUT2D eigenvalue weighted by molar-refractivity contribution is 14.1. The Kier molecular flexibility index (Phi) is 5.82. The third-order valence-corrected chi connectivity index (χ3v) is 4.64. The minimum absolute atomic E-state index is 0.0419. The van der Waals surface area contributed by atoms with E-state index in [4.69, 9.17) is 21.1 Å². The first-order valence-corrected chi connectivity index (χ1v) is 7.76. The van der Waals surface area contributed by atoms with Gasteiger partial charge < -0.3 is 19.1 Å². The summed E-state index contributed by atoms with van der Waals surface area (Å²) in [6.45, 7) is -0.264. The first kappa shape index (κ1) is 18.0. The van der Waals surface area contributed by atoms with E-state index < -0.39 is 17.8 Å². The third-order valence-electron chi connectivity index (χ3n) is 3.11. The normalized spacial score (nSPS) is 14.7. The Hall–Kier alpha value is -1.39. The number of carbonyl (C=O) groups excluding carboxylic acids is 2. The third kappa shape index (κ3) is 3.59. The molecule has 6 nitrogen and oxygen atoms in total. The van der Waals surface area contributed by atoms with Crippen LogP contribution >= 0.6 is 34.2 Å². The summed E-state index contributed by atoms with van der Waals surface area (Å²) in [6.07, 6.45) is 0. The van der Waals surface area contributed by atoms with Gasteiger partial charge in [0.15, 0.2) is 0 Å². The van der Waals surface area contributed by atoms with Crippen molar-refractivity contribution in [3.8, 4) is 0 Å². The Morgan fingerprint density at radius 3 is 2.57 bits per heavy atom. The molecule has 1 aliphatic rings. The van der Waals surface area contributed by atoms with E-state index in [9.17, 15) is 14.0 Å². The van der Waals surface area contributed by atoms with Gasteiger partial charge in [0.2, 0.25) is 0 Å². The Morgan fingerprint density at radius 2 is 1.96 bits per heavy atom. The van der Waals surface area contributed by atoms with Crippen LogP contribution in [-0.2, 0) is 23.8 Å². The minimum Gasteiger partial charge on any atom is -0.466 e. The number of hydrogen-bond acceptors (Lipinski definition) is 6. The molecule has 1 aliphatic heterocycles. The van der Waals surface area contributed by atoms with Gasteiger partial charge in [-0.2, -0.15) is 0 Å². The lowest BCUT2D eigenvalue weighted by molar-refractivity contribution is -0.140. The van der Waals surface area contributed by atoms with Crippen LogP contribution in [0.25, 0.3) is 0 Å². The first-order chi connectivity index (χ1) is 10.9.